The van der Waals surface area contributed by atoms with Gasteiger partial charge in [-0.2, -0.15) is 0 Å². The third kappa shape index (κ3) is 2.56. The maximum absolute atomic E-state index is 13.0. The van der Waals surface area contributed by atoms with Crippen LogP contribution in [-0.4, -0.2) is 18.9 Å². The summed E-state index contributed by atoms with van der Waals surface area (Å²) < 4.78 is 12.8. The van der Waals surface area contributed by atoms with E-state index < -0.39 is 5.72 Å². The minimum atomic E-state index is -0.783. The molecule has 1 N–H and O–H groups in total. The number of fused-ring (bicyclic) bond motifs is 4. The van der Waals surface area contributed by atoms with Crippen LogP contribution in [0.4, 0.5) is 10.5 Å². The number of amides is 2. The first kappa shape index (κ1) is 16.3. The standard InChI is InChI=1S/C19H19BrN2O3/c1-11-4-6-17(24-3)15(8-11)22-18(23)21-14-10-19(22,2)25-16-7-5-12(20)9-13(14)16/h4-9,14H,10H2,1-3H3,(H,21,23)/t14-,19+/m0/s1. The molecule has 25 heavy (non-hydrogen) atoms. The molecule has 130 valence electrons. The SMILES string of the molecule is COc1ccc(C)cc1N1C(=O)N[C@H]2C[C@@]1(C)Oc1ccc(Br)cc12. The largest absolute Gasteiger partial charge is 0.495 e. The molecule has 2 heterocycles. The van der Waals surface area contributed by atoms with E-state index in [0.717, 1.165) is 21.3 Å². The van der Waals surface area contributed by atoms with Crippen molar-refractivity contribution in [3.8, 4) is 11.5 Å². The molecular weight excluding hydrogens is 384 g/mol. The van der Waals surface area contributed by atoms with E-state index in [2.05, 4.69) is 21.2 Å². The molecule has 4 rings (SSSR count). The first-order valence-electron chi connectivity index (χ1n) is 8.15. The summed E-state index contributed by atoms with van der Waals surface area (Å²) in [6, 6.07) is 11.4. The van der Waals surface area contributed by atoms with E-state index in [9.17, 15) is 4.79 Å². The van der Waals surface area contributed by atoms with Gasteiger partial charge in [0.25, 0.3) is 0 Å². The predicted octanol–water partition coefficient (Wildman–Crippen LogP) is 4.54. The van der Waals surface area contributed by atoms with Crippen LogP contribution in [0.3, 0.4) is 0 Å². The van der Waals surface area contributed by atoms with Gasteiger partial charge in [0.05, 0.1) is 18.8 Å². The number of nitrogens with zero attached hydrogens (tertiary/aromatic N) is 1. The summed E-state index contributed by atoms with van der Waals surface area (Å²) in [5.41, 5.74) is 1.97. The Morgan fingerprint density at radius 1 is 1.32 bits per heavy atom. The zero-order chi connectivity index (χ0) is 17.8. The van der Waals surface area contributed by atoms with E-state index in [1.54, 1.807) is 12.0 Å². The average molecular weight is 403 g/mol. The van der Waals surface area contributed by atoms with Gasteiger partial charge < -0.3 is 14.8 Å². The normalized spacial score (nSPS) is 24.2. The number of rotatable bonds is 2. The lowest BCUT2D eigenvalue weighted by atomic mass is 9.90. The Kier molecular flexibility index (Phi) is 3.68. The van der Waals surface area contributed by atoms with Crippen molar-refractivity contribution in [3.63, 3.8) is 0 Å². The van der Waals surface area contributed by atoms with Gasteiger partial charge in [0, 0.05) is 16.5 Å². The Hall–Kier alpha value is -2.21. The molecule has 0 spiro atoms. The highest BCUT2D eigenvalue weighted by molar-refractivity contribution is 9.10. The summed E-state index contributed by atoms with van der Waals surface area (Å²) in [6.07, 6.45) is 0.652. The summed E-state index contributed by atoms with van der Waals surface area (Å²) in [4.78, 5) is 14.6. The number of urea groups is 1. The lowest BCUT2D eigenvalue weighted by Gasteiger charge is -2.50. The van der Waals surface area contributed by atoms with Crippen LogP contribution >= 0.6 is 15.9 Å². The lowest BCUT2D eigenvalue weighted by molar-refractivity contribution is 0.0374. The second-order valence-electron chi connectivity index (χ2n) is 6.68. The number of carbonyl (C=O) groups is 1. The highest BCUT2D eigenvalue weighted by Gasteiger charge is 2.50. The number of aryl methyl sites for hydroxylation is 1. The van der Waals surface area contributed by atoms with E-state index in [0.29, 0.717) is 17.9 Å². The molecule has 2 aromatic rings. The van der Waals surface area contributed by atoms with E-state index in [4.69, 9.17) is 9.47 Å². The maximum atomic E-state index is 13.0. The number of hydrogen-bond acceptors (Lipinski definition) is 3. The van der Waals surface area contributed by atoms with Crippen molar-refractivity contribution in [2.75, 3.05) is 12.0 Å². The van der Waals surface area contributed by atoms with Crippen molar-refractivity contribution in [3.05, 3.63) is 52.0 Å². The van der Waals surface area contributed by atoms with Crippen molar-refractivity contribution < 1.29 is 14.3 Å². The summed E-state index contributed by atoms with van der Waals surface area (Å²) in [5, 5.41) is 3.11. The van der Waals surface area contributed by atoms with Crippen molar-refractivity contribution in [1.29, 1.82) is 0 Å². The zero-order valence-corrected chi connectivity index (χ0v) is 15.9. The van der Waals surface area contributed by atoms with Crippen LogP contribution in [0.1, 0.15) is 30.5 Å². The number of halogens is 1. The fraction of sp³-hybridized carbons (Fsp3) is 0.316. The zero-order valence-electron chi connectivity index (χ0n) is 14.3. The van der Waals surface area contributed by atoms with Gasteiger partial charge in [-0.25, -0.2) is 4.79 Å². The van der Waals surface area contributed by atoms with Crippen LogP contribution in [0.2, 0.25) is 0 Å². The smallest absolute Gasteiger partial charge is 0.325 e. The number of anilines is 1. The average Bonchev–Trinajstić information content (AvgIpc) is 2.55. The van der Waals surface area contributed by atoms with Gasteiger partial charge in [-0.05, 0) is 49.7 Å². The topological polar surface area (TPSA) is 50.8 Å². The number of nitrogens with one attached hydrogen (secondary N) is 1. The Morgan fingerprint density at radius 2 is 2.12 bits per heavy atom. The molecule has 1 saturated heterocycles. The fourth-order valence-electron chi connectivity index (χ4n) is 3.68. The molecule has 0 unspecified atom stereocenters. The van der Waals surface area contributed by atoms with Gasteiger partial charge in [0.1, 0.15) is 11.5 Å². The fourth-order valence-corrected chi connectivity index (χ4v) is 4.06. The highest BCUT2D eigenvalue weighted by Crippen LogP contribution is 2.47. The summed E-state index contributed by atoms with van der Waals surface area (Å²) in [7, 11) is 1.61. The third-order valence-corrected chi connectivity index (χ3v) is 5.30. The van der Waals surface area contributed by atoms with Crippen molar-refractivity contribution in [1.82, 2.24) is 5.32 Å². The molecule has 2 bridgehead atoms. The summed E-state index contributed by atoms with van der Waals surface area (Å²) in [5.74, 6) is 1.43. The van der Waals surface area contributed by atoms with E-state index in [1.807, 2.05) is 50.2 Å². The van der Waals surface area contributed by atoms with Crippen molar-refractivity contribution >= 4 is 27.6 Å². The van der Waals surface area contributed by atoms with Gasteiger partial charge >= 0.3 is 6.03 Å². The number of hydrogen-bond donors (Lipinski definition) is 1. The number of methoxy groups -OCH3 is 1. The minimum Gasteiger partial charge on any atom is -0.495 e. The molecule has 2 aliphatic rings. The second kappa shape index (κ2) is 5.66. The van der Waals surface area contributed by atoms with Crippen molar-refractivity contribution in [2.24, 2.45) is 0 Å². The lowest BCUT2D eigenvalue weighted by Crippen LogP contribution is -2.65. The molecule has 5 nitrogen and oxygen atoms in total. The molecule has 2 aliphatic heterocycles. The van der Waals surface area contributed by atoms with Crippen LogP contribution < -0.4 is 19.7 Å². The van der Waals surface area contributed by atoms with Gasteiger partial charge in [0.2, 0.25) is 0 Å². The van der Waals surface area contributed by atoms with Crippen LogP contribution in [0, 0.1) is 6.92 Å². The van der Waals surface area contributed by atoms with Crippen molar-refractivity contribution in [2.45, 2.75) is 32.0 Å². The quantitative estimate of drug-likeness (QED) is 0.802. The minimum absolute atomic E-state index is 0.0780. The van der Waals surface area contributed by atoms with E-state index in [1.165, 1.54) is 0 Å². The second-order valence-corrected chi connectivity index (χ2v) is 7.59. The molecular formula is C19H19BrN2O3. The highest BCUT2D eigenvalue weighted by atomic mass is 79.9. The molecule has 2 aromatic carbocycles. The Balaban J connectivity index is 1.83. The molecule has 6 heteroatoms. The summed E-state index contributed by atoms with van der Waals surface area (Å²) >= 11 is 3.49. The Labute approximate surface area is 155 Å². The number of carbonyl (C=O) groups excluding carboxylic acids is 1. The Morgan fingerprint density at radius 3 is 2.88 bits per heavy atom. The third-order valence-electron chi connectivity index (χ3n) is 4.81. The summed E-state index contributed by atoms with van der Waals surface area (Å²) in [6.45, 7) is 3.94. The van der Waals surface area contributed by atoms with Gasteiger partial charge in [-0.1, -0.05) is 22.0 Å². The molecule has 0 saturated carbocycles. The van der Waals surface area contributed by atoms with Gasteiger partial charge in [-0.15, -0.1) is 0 Å². The van der Waals surface area contributed by atoms with Crippen LogP contribution in [0.5, 0.6) is 11.5 Å². The first-order chi connectivity index (χ1) is 11.9. The molecule has 0 aromatic heterocycles. The van der Waals surface area contributed by atoms with Crippen LogP contribution in [-0.2, 0) is 0 Å². The van der Waals surface area contributed by atoms with Crippen LogP contribution in [0.15, 0.2) is 40.9 Å². The monoisotopic (exact) mass is 402 g/mol. The molecule has 2 amide bonds. The van der Waals surface area contributed by atoms with Gasteiger partial charge in [0.15, 0.2) is 5.72 Å². The molecule has 2 atom stereocenters. The Bertz CT molecular complexity index is 870. The van der Waals surface area contributed by atoms with E-state index >= 15 is 0 Å². The number of benzene rings is 2. The van der Waals surface area contributed by atoms with Crippen LogP contribution in [0.25, 0.3) is 0 Å². The molecule has 1 fully saturated rings. The number of ether oxygens (including phenoxy) is 2. The molecule has 0 radical (unpaired) electrons. The van der Waals surface area contributed by atoms with Gasteiger partial charge in [-0.3, -0.25) is 4.90 Å². The maximum Gasteiger partial charge on any atom is 0.325 e. The predicted molar refractivity (Wildman–Crippen MR) is 99.3 cm³/mol. The molecule has 0 aliphatic carbocycles. The first-order valence-corrected chi connectivity index (χ1v) is 8.94. The van der Waals surface area contributed by atoms with E-state index in [-0.39, 0.29) is 12.1 Å².